The normalized spacial score (nSPS) is 18.2. The first-order chi connectivity index (χ1) is 9.05. The Morgan fingerprint density at radius 3 is 2.26 bits per heavy atom. The molecule has 0 amide bonds. The van der Waals surface area contributed by atoms with Gasteiger partial charge in [-0.05, 0) is 43.0 Å². The van der Waals surface area contributed by atoms with Crippen molar-refractivity contribution in [1.29, 1.82) is 0 Å². The Morgan fingerprint density at radius 2 is 1.74 bits per heavy atom. The molecule has 0 bridgehead atoms. The van der Waals surface area contributed by atoms with E-state index in [0.717, 1.165) is 28.7 Å². The van der Waals surface area contributed by atoms with Crippen molar-refractivity contribution in [3.05, 3.63) is 33.8 Å². The Kier molecular flexibility index (Phi) is 5.16. The average Bonchev–Trinajstić information content (AvgIpc) is 2.78. The van der Waals surface area contributed by atoms with Crippen molar-refractivity contribution in [2.45, 2.75) is 44.9 Å². The topological polar surface area (TPSA) is 12.0 Å². The second-order valence-electron chi connectivity index (χ2n) is 6.11. The van der Waals surface area contributed by atoms with E-state index in [1.54, 1.807) is 0 Å². The molecule has 1 saturated carbocycles. The molecule has 1 aliphatic carbocycles. The molecule has 0 aromatic heterocycles. The van der Waals surface area contributed by atoms with Crippen LogP contribution >= 0.6 is 23.2 Å². The van der Waals surface area contributed by atoms with Crippen LogP contribution in [-0.2, 0) is 5.41 Å². The number of hydrogen-bond acceptors (Lipinski definition) is 1. The Hall–Kier alpha value is -0.240. The maximum absolute atomic E-state index is 6.43. The van der Waals surface area contributed by atoms with Gasteiger partial charge in [0, 0.05) is 22.0 Å². The highest BCUT2D eigenvalue weighted by Gasteiger charge is 2.38. The summed E-state index contributed by atoms with van der Waals surface area (Å²) in [5.41, 5.74) is 1.29. The molecule has 0 spiro atoms. The van der Waals surface area contributed by atoms with Gasteiger partial charge in [0.2, 0.25) is 0 Å². The van der Waals surface area contributed by atoms with Gasteiger partial charge < -0.3 is 5.32 Å². The SMILES string of the molecule is CC(C)CNCC1(c2c(Cl)cccc2Cl)CCCC1. The van der Waals surface area contributed by atoms with E-state index in [1.807, 2.05) is 18.2 Å². The predicted octanol–water partition coefficient (Wildman–Crippen LogP) is 5.05. The van der Waals surface area contributed by atoms with Crippen molar-refractivity contribution in [3.63, 3.8) is 0 Å². The van der Waals surface area contributed by atoms with Crippen LogP contribution in [0.2, 0.25) is 10.0 Å². The third-order valence-corrected chi connectivity index (χ3v) is 4.70. The van der Waals surface area contributed by atoms with Gasteiger partial charge in [-0.25, -0.2) is 0 Å². The number of hydrogen-bond donors (Lipinski definition) is 1. The van der Waals surface area contributed by atoms with E-state index in [4.69, 9.17) is 23.2 Å². The number of benzene rings is 1. The first-order valence-corrected chi connectivity index (χ1v) is 7.96. The van der Waals surface area contributed by atoms with Crippen molar-refractivity contribution < 1.29 is 0 Å². The minimum absolute atomic E-state index is 0.129. The standard InChI is InChI=1S/C16H23Cl2N/c1-12(2)10-19-11-16(8-3-4-9-16)15-13(17)6-5-7-14(15)18/h5-7,12,19H,3-4,8-11H2,1-2H3. The average molecular weight is 300 g/mol. The van der Waals surface area contributed by atoms with Crippen molar-refractivity contribution in [2.75, 3.05) is 13.1 Å². The van der Waals surface area contributed by atoms with Crippen LogP contribution in [0, 0.1) is 5.92 Å². The summed E-state index contributed by atoms with van der Waals surface area (Å²) in [7, 11) is 0. The van der Waals surface area contributed by atoms with E-state index < -0.39 is 0 Å². The lowest BCUT2D eigenvalue weighted by Crippen LogP contribution is -2.38. The molecule has 1 aromatic carbocycles. The molecular formula is C16H23Cl2N. The summed E-state index contributed by atoms with van der Waals surface area (Å²) in [6, 6.07) is 5.86. The summed E-state index contributed by atoms with van der Waals surface area (Å²) < 4.78 is 0. The van der Waals surface area contributed by atoms with E-state index in [1.165, 1.54) is 25.7 Å². The smallest absolute Gasteiger partial charge is 0.0459 e. The third kappa shape index (κ3) is 3.45. The fourth-order valence-electron chi connectivity index (χ4n) is 3.17. The first kappa shape index (κ1) is 15.2. The molecule has 19 heavy (non-hydrogen) atoms. The van der Waals surface area contributed by atoms with Crippen LogP contribution in [0.5, 0.6) is 0 Å². The van der Waals surface area contributed by atoms with Crippen LogP contribution in [0.3, 0.4) is 0 Å². The largest absolute Gasteiger partial charge is 0.316 e. The summed E-state index contributed by atoms with van der Waals surface area (Å²) in [5, 5.41) is 5.24. The molecule has 1 aliphatic rings. The fraction of sp³-hybridized carbons (Fsp3) is 0.625. The zero-order valence-corrected chi connectivity index (χ0v) is 13.3. The second-order valence-corrected chi connectivity index (χ2v) is 6.92. The van der Waals surface area contributed by atoms with E-state index in [9.17, 15) is 0 Å². The number of halogens is 2. The van der Waals surface area contributed by atoms with Gasteiger partial charge in [-0.1, -0.05) is 56.0 Å². The van der Waals surface area contributed by atoms with Crippen LogP contribution in [0.4, 0.5) is 0 Å². The molecule has 1 N–H and O–H groups in total. The van der Waals surface area contributed by atoms with Crippen LogP contribution in [0.15, 0.2) is 18.2 Å². The predicted molar refractivity (Wildman–Crippen MR) is 84.3 cm³/mol. The van der Waals surface area contributed by atoms with Gasteiger partial charge in [0.1, 0.15) is 0 Å². The lowest BCUT2D eigenvalue weighted by Gasteiger charge is -2.32. The zero-order valence-electron chi connectivity index (χ0n) is 11.8. The molecule has 0 unspecified atom stereocenters. The van der Waals surface area contributed by atoms with Gasteiger partial charge in [0.05, 0.1) is 0 Å². The number of rotatable bonds is 5. The van der Waals surface area contributed by atoms with E-state index >= 15 is 0 Å². The summed E-state index contributed by atoms with van der Waals surface area (Å²) >= 11 is 12.9. The second kappa shape index (κ2) is 6.47. The monoisotopic (exact) mass is 299 g/mol. The van der Waals surface area contributed by atoms with Crippen molar-refractivity contribution in [1.82, 2.24) is 5.32 Å². The summed E-state index contributed by atoms with van der Waals surface area (Å²) in [5.74, 6) is 0.667. The molecule has 106 valence electrons. The van der Waals surface area contributed by atoms with E-state index in [0.29, 0.717) is 5.92 Å². The summed E-state index contributed by atoms with van der Waals surface area (Å²) in [4.78, 5) is 0. The van der Waals surface area contributed by atoms with E-state index in [2.05, 4.69) is 19.2 Å². The third-order valence-electron chi connectivity index (χ3n) is 4.07. The van der Waals surface area contributed by atoms with Crippen LogP contribution < -0.4 is 5.32 Å². The molecule has 0 radical (unpaired) electrons. The highest BCUT2D eigenvalue weighted by Crippen LogP contribution is 2.46. The van der Waals surface area contributed by atoms with Crippen molar-refractivity contribution in [3.8, 4) is 0 Å². The molecule has 0 aliphatic heterocycles. The van der Waals surface area contributed by atoms with Crippen LogP contribution in [-0.4, -0.2) is 13.1 Å². The van der Waals surface area contributed by atoms with Gasteiger partial charge in [0.15, 0.2) is 0 Å². The minimum atomic E-state index is 0.129. The lowest BCUT2D eigenvalue weighted by atomic mass is 9.78. The number of nitrogens with one attached hydrogen (secondary N) is 1. The maximum atomic E-state index is 6.43. The Morgan fingerprint density at radius 1 is 1.16 bits per heavy atom. The van der Waals surface area contributed by atoms with Gasteiger partial charge >= 0.3 is 0 Å². The molecular weight excluding hydrogens is 277 g/mol. The molecule has 1 nitrogen and oxygen atoms in total. The zero-order chi connectivity index (χ0) is 13.9. The molecule has 2 rings (SSSR count). The minimum Gasteiger partial charge on any atom is -0.316 e. The molecule has 1 aromatic rings. The molecule has 3 heteroatoms. The van der Waals surface area contributed by atoms with Gasteiger partial charge in [-0.3, -0.25) is 0 Å². The first-order valence-electron chi connectivity index (χ1n) is 7.20. The summed E-state index contributed by atoms with van der Waals surface area (Å²) in [6.07, 6.45) is 4.90. The fourth-order valence-corrected chi connectivity index (χ4v) is 3.97. The van der Waals surface area contributed by atoms with E-state index in [-0.39, 0.29) is 5.41 Å². The van der Waals surface area contributed by atoms with Gasteiger partial charge in [0.25, 0.3) is 0 Å². The molecule has 0 atom stereocenters. The molecule has 1 fully saturated rings. The summed E-state index contributed by atoms with van der Waals surface area (Å²) in [6.45, 7) is 6.49. The molecule has 0 saturated heterocycles. The lowest BCUT2D eigenvalue weighted by molar-refractivity contribution is 0.391. The van der Waals surface area contributed by atoms with Gasteiger partial charge in [-0.15, -0.1) is 0 Å². The molecule has 0 heterocycles. The Balaban J connectivity index is 2.24. The quantitative estimate of drug-likeness (QED) is 0.802. The van der Waals surface area contributed by atoms with Crippen molar-refractivity contribution >= 4 is 23.2 Å². The van der Waals surface area contributed by atoms with Crippen molar-refractivity contribution in [2.24, 2.45) is 5.92 Å². The van der Waals surface area contributed by atoms with Crippen LogP contribution in [0.1, 0.15) is 45.1 Å². The highest BCUT2D eigenvalue weighted by molar-refractivity contribution is 6.36. The van der Waals surface area contributed by atoms with Gasteiger partial charge in [-0.2, -0.15) is 0 Å². The Labute approximate surface area is 126 Å². The maximum Gasteiger partial charge on any atom is 0.0459 e. The Bertz CT molecular complexity index is 403. The highest BCUT2D eigenvalue weighted by atomic mass is 35.5. The van der Waals surface area contributed by atoms with Crippen LogP contribution in [0.25, 0.3) is 0 Å².